The molecule has 1 fully saturated rings. The minimum atomic E-state index is -0.425. The van der Waals surface area contributed by atoms with Crippen LogP contribution >= 0.6 is 0 Å². The van der Waals surface area contributed by atoms with Gasteiger partial charge in [0.05, 0.1) is 0 Å². The van der Waals surface area contributed by atoms with Gasteiger partial charge in [0.2, 0.25) is 0 Å². The number of nitrogens with one attached hydrogen (secondary N) is 1. The third kappa shape index (κ3) is 4.23. The number of hydrogen-bond donors (Lipinski definition) is 1. The van der Waals surface area contributed by atoms with Gasteiger partial charge in [-0.25, -0.2) is 4.39 Å². The Balaban J connectivity index is 1.45. The Morgan fingerprint density at radius 1 is 1.17 bits per heavy atom. The number of halogens is 1. The fourth-order valence-electron chi connectivity index (χ4n) is 4.69. The molecule has 158 valence electrons. The van der Waals surface area contributed by atoms with Gasteiger partial charge in [-0.05, 0) is 60.8 Å². The molecule has 30 heavy (non-hydrogen) atoms. The minimum Gasteiger partial charge on any atom is -0.338 e. The van der Waals surface area contributed by atoms with Crippen molar-refractivity contribution in [2.24, 2.45) is 11.3 Å². The van der Waals surface area contributed by atoms with Crippen molar-refractivity contribution in [3.63, 3.8) is 0 Å². The van der Waals surface area contributed by atoms with E-state index >= 15 is 0 Å². The molecule has 1 aliphatic carbocycles. The van der Waals surface area contributed by atoms with E-state index in [0.717, 1.165) is 24.8 Å². The Labute approximate surface area is 175 Å². The molecule has 1 N–H and O–H groups in total. The van der Waals surface area contributed by atoms with Gasteiger partial charge < -0.3 is 9.88 Å². The topological polar surface area (TPSA) is 70.2 Å². The lowest BCUT2D eigenvalue weighted by molar-refractivity contribution is 0.0688. The summed E-state index contributed by atoms with van der Waals surface area (Å²) in [6.07, 6.45) is 3.41. The summed E-state index contributed by atoms with van der Waals surface area (Å²) in [7, 11) is 0. The van der Waals surface area contributed by atoms with Crippen LogP contribution in [0.1, 0.15) is 65.1 Å². The summed E-state index contributed by atoms with van der Waals surface area (Å²) in [4.78, 5) is 42.6. The lowest BCUT2D eigenvalue weighted by atomic mass is 9.75. The molecule has 1 aromatic carbocycles. The quantitative estimate of drug-likeness (QED) is 0.838. The van der Waals surface area contributed by atoms with E-state index in [1.54, 1.807) is 17.0 Å². The normalized spacial score (nSPS) is 18.9. The van der Waals surface area contributed by atoms with Crippen molar-refractivity contribution in [3.05, 3.63) is 68.9 Å². The molecule has 0 atom stereocenters. The van der Waals surface area contributed by atoms with Crippen LogP contribution in [0.2, 0.25) is 0 Å². The zero-order chi connectivity index (χ0) is 21.5. The van der Waals surface area contributed by atoms with Gasteiger partial charge >= 0.3 is 0 Å². The Morgan fingerprint density at radius 3 is 2.60 bits per heavy atom. The van der Waals surface area contributed by atoms with Crippen molar-refractivity contribution in [1.82, 2.24) is 9.88 Å². The number of carbonyl (C=O) groups excluding carboxylic acids is 2. The number of carbonyl (C=O) groups is 2. The highest BCUT2D eigenvalue weighted by molar-refractivity contribution is 6.02. The number of aromatic amines is 1. The third-order valence-corrected chi connectivity index (χ3v) is 6.26. The average molecular weight is 410 g/mol. The first-order valence-corrected chi connectivity index (χ1v) is 10.5. The molecular weight excluding hydrogens is 383 g/mol. The fourth-order valence-corrected chi connectivity index (χ4v) is 4.69. The number of aromatic nitrogens is 1. The van der Waals surface area contributed by atoms with E-state index in [9.17, 15) is 18.8 Å². The monoisotopic (exact) mass is 410 g/mol. The van der Waals surface area contributed by atoms with E-state index in [-0.39, 0.29) is 28.5 Å². The van der Waals surface area contributed by atoms with E-state index in [0.29, 0.717) is 43.1 Å². The number of amides is 1. The second-order valence-electron chi connectivity index (χ2n) is 9.41. The number of likely N-dealkylation sites (tertiary alicyclic amines) is 1. The highest BCUT2D eigenvalue weighted by atomic mass is 19.1. The largest absolute Gasteiger partial charge is 0.338 e. The average Bonchev–Trinajstić information content (AvgIpc) is 2.67. The van der Waals surface area contributed by atoms with Crippen molar-refractivity contribution >= 4 is 11.7 Å². The zero-order valence-electron chi connectivity index (χ0n) is 17.5. The van der Waals surface area contributed by atoms with Crippen molar-refractivity contribution in [1.29, 1.82) is 0 Å². The van der Waals surface area contributed by atoms with Crippen LogP contribution < -0.4 is 5.56 Å². The first-order chi connectivity index (χ1) is 14.2. The van der Waals surface area contributed by atoms with Gasteiger partial charge in [-0.3, -0.25) is 14.4 Å². The Bertz CT molecular complexity index is 1050. The maximum atomic E-state index is 13.4. The second-order valence-corrected chi connectivity index (χ2v) is 9.41. The predicted octanol–water partition coefficient (Wildman–Crippen LogP) is 3.76. The lowest BCUT2D eigenvalue weighted by Gasteiger charge is -2.33. The highest BCUT2D eigenvalue weighted by Crippen LogP contribution is 2.33. The van der Waals surface area contributed by atoms with Gasteiger partial charge in [-0.15, -0.1) is 0 Å². The molecular formula is C24H27FN2O3. The number of nitrogens with zero attached hydrogens (tertiary/aromatic N) is 1. The van der Waals surface area contributed by atoms with Gasteiger partial charge in [0.25, 0.3) is 11.5 Å². The van der Waals surface area contributed by atoms with E-state index in [2.05, 4.69) is 4.98 Å². The van der Waals surface area contributed by atoms with E-state index in [1.165, 1.54) is 12.1 Å². The summed E-state index contributed by atoms with van der Waals surface area (Å²) in [5, 5.41) is 0. The van der Waals surface area contributed by atoms with Crippen LogP contribution in [0.3, 0.4) is 0 Å². The number of H-pyrrole nitrogens is 1. The van der Waals surface area contributed by atoms with Gasteiger partial charge in [0, 0.05) is 30.8 Å². The number of rotatable bonds is 3. The van der Waals surface area contributed by atoms with Crippen molar-refractivity contribution in [3.8, 4) is 0 Å². The molecule has 1 saturated heterocycles. The summed E-state index contributed by atoms with van der Waals surface area (Å²) in [6, 6.07) is 8.13. The standard InChI is InChI=1S/C24H27FN2O3/c1-24(2)13-20-18(21(28)14-24)12-19(22(29)26-20)23(30)27-8-6-15(7-9-27)10-16-4-3-5-17(25)11-16/h3-5,11-12,15H,6-10,13-14H2,1-2H3,(H,26,29). The van der Waals surface area contributed by atoms with Crippen molar-refractivity contribution in [2.45, 2.75) is 46.0 Å². The molecule has 6 heteroatoms. The number of fused-ring (bicyclic) bond motifs is 1. The summed E-state index contributed by atoms with van der Waals surface area (Å²) in [6.45, 7) is 5.10. The van der Waals surface area contributed by atoms with Crippen LogP contribution in [-0.4, -0.2) is 34.7 Å². The van der Waals surface area contributed by atoms with E-state index < -0.39 is 5.56 Å². The number of Topliss-reactive ketones (excluding diaryl/α,β-unsaturated/α-hetero) is 1. The van der Waals surface area contributed by atoms with Gasteiger partial charge in [0.15, 0.2) is 5.78 Å². The third-order valence-electron chi connectivity index (χ3n) is 6.26. The molecule has 0 bridgehead atoms. The molecule has 2 aliphatic rings. The second kappa shape index (κ2) is 7.82. The van der Waals surface area contributed by atoms with Crippen LogP contribution in [-0.2, 0) is 12.8 Å². The Hall–Kier alpha value is -2.76. The highest BCUT2D eigenvalue weighted by Gasteiger charge is 2.33. The van der Waals surface area contributed by atoms with Crippen molar-refractivity contribution < 1.29 is 14.0 Å². The van der Waals surface area contributed by atoms with Crippen LogP contribution in [0, 0.1) is 17.2 Å². The number of benzene rings is 1. The van der Waals surface area contributed by atoms with Crippen LogP contribution in [0.25, 0.3) is 0 Å². The molecule has 1 aliphatic heterocycles. The van der Waals surface area contributed by atoms with Crippen LogP contribution in [0.15, 0.2) is 35.1 Å². The number of hydrogen-bond acceptors (Lipinski definition) is 3. The number of ketones is 1. The smallest absolute Gasteiger partial charge is 0.261 e. The molecule has 0 spiro atoms. The zero-order valence-corrected chi connectivity index (χ0v) is 17.5. The van der Waals surface area contributed by atoms with E-state index in [4.69, 9.17) is 0 Å². The number of piperidine rings is 1. The molecule has 2 aromatic rings. The van der Waals surface area contributed by atoms with Gasteiger partial charge in [-0.2, -0.15) is 0 Å². The molecule has 2 heterocycles. The SMILES string of the molecule is CC1(C)CC(=O)c2cc(C(=O)N3CCC(Cc4cccc(F)c4)CC3)c(=O)[nH]c2C1. The first kappa shape index (κ1) is 20.5. The van der Waals surface area contributed by atoms with Crippen molar-refractivity contribution in [2.75, 3.05) is 13.1 Å². The Morgan fingerprint density at radius 2 is 1.90 bits per heavy atom. The lowest BCUT2D eigenvalue weighted by Crippen LogP contribution is -2.41. The minimum absolute atomic E-state index is 0.0275. The molecule has 0 unspecified atom stereocenters. The molecule has 5 nitrogen and oxygen atoms in total. The fraction of sp³-hybridized carbons (Fsp3) is 0.458. The first-order valence-electron chi connectivity index (χ1n) is 10.5. The van der Waals surface area contributed by atoms with E-state index in [1.807, 2.05) is 19.9 Å². The van der Waals surface area contributed by atoms with Gasteiger partial charge in [0.1, 0.15) is 11.4 Å². The summed E-state index contributed by atoms with van der Waals surface area (Å²) in [5.74, 6) is -0.201. The Kier molecular flexibility index (Phi) is 5.35. The molecule has 1 aromatic heterocycles. The molecule has 0 saturated carbocycles. The molecule has 0 radical (unpaired) electrons. The van der Waals surface area contributed by atoms with Crippen LogP contribution in [0.4, 0.5) is 4.39 Å². The molecule has 1 amide bonds. The summed E-state index contributed by atoms with van der Waals surface area (Å²) < 4.78 is 13.4. The number of pyridine rings is 1. The molecule has 4 rings (SSSR count). The maximum absolute atomic E-state index is 13.4. The van der Waals surface area contributed by atoms with Crippen LogP contribution in [0.5, 0.6) is 0 Å². The predicted molar refractivity (Wildman–Crippen MR) is 112 cm³/mol. The summed E-state index contributed by atoms with van der Waals surface area (Å²) >= 11 is 0. The maximum Gasteiger partial charge on any atom is 0.261 e. The summed E-state index contributed by atoms with van der Waals surface area (Å²) in [5.41, 5.74) is 1.50. The van der Waals surface area contributed by atoms with Gasteiger partial charge in [-0.1, -0.05) is 26.0 Å².